The van der Waals surface area contributed by atoms with Gasteiger partial charge in [0.1, 0.15) is 5.00 Å². The van der Waals surface area contributed by atoms with Crippen molar-refractivity contribution in [2.24, 2.45) is 0 Å². The smallest absolute Gasteiger partial charge is 0.342 e. The molecule has 1 atom stereocenters. The number of aromatic amines is 1. The Balaban J connectivity index is 1.91. The molecule has 1 amide bonds. The van der Waals surface area contributed by atoms with Crippen LogP contribution < -0.4 is 10.9 Å². The maximum Gasteiger partial charge on any atom is 0.342 e. The van der Waals surface area contributed by atoms with Crippen LogP contribution in [0.25, 0.3) is 10.9 Å². The van der Waals surface area contributed by atoms with Gasteiger partial charge < -0.3 is 15.0 Å². The lowest BCUT2D eigenvalue weighted by atomic mass is 10.1. The number of H-pyrrole nitrogens is 1. The first-order valence-corrected chi connectivity index (χ1v) is 9.17. The molecule has 2 heterocycles. The fourth-order valence-electron chi connectivity index (χ4n) is 2.69. The van der Waals surface area contributed by atoms with Gasteiger partial charge >= 0.3 is 5.97 Å². The summed E-state index contributed by atoms with van der Waals surface area (Å²) in [5.74, 6) is -0.583. The molecule has 27 heavy (non-hydrogen) atoms. The van der Waals surface area contributed by atoms with Gasteiger partial charge in [-0.05, 0) is 38.5 Å². The minimum absolute atomic E-state index is 0.262. The number of carbonyl (C=O) groups is 2. The number of carbonyl (C=O) groups excluding carboxylic acids is 2. The molecular weight excluding hydrogens is 366 g/mol. The Morgan fingerprint density at radius 1 is 1.26 bits per heavy atom. The lowest BCUT2D eigenvalue weighted by Gasteiger charge is -2.14. The topological polar surface area (TPSA) is 101 Å². The van der Waals surface area contributed by atoms with E-state index in [1.165, 1.54) is 18.3 Å². The molecule has 0 bridgehead atoms. The zero-order valence-electron chi connectivity index (χ0n) is 15.4. The van der Waals surface area contributed by atoms with Crippen LogP contribution in [0.5, 0.6) is 0 Å². The third kappa shape index (κ3) is 3.75. The third-order valence-corrected chi connectivity index (χ3v) is 5.30. The minimum Gasteiger partial charge on any atom is -0.451 e. The first-order chi connectivity index (χ1) is 12.8. The van der Waals surface area contributed by atoms with Crippen molar-refractivity contribution >= 4 is 39.1 Å². The van der Waals surface area contributed by atoms with Crippen LogP contribution in [-0.2, 0) is 9.53 Å². The molecule has 0 aliphatic heterocycles. The molecule has 8 heteroatoms. The highest BCUT2D eigenvalue weighted by Crippen LogP contribution is 2.34. The molecule has 140 valence electrons. The van der Waals surface area contributed by atoms with Gasteiger partial charge in [0.2, 0.25) is 5.91 Å². The normalized spacial score (nSPS) is 12.0. The molecule has 7 nitrogen and oxygen atoms in total. The summed E-state index contributed by atoms with van der Waals surface area (Å²) < 4.78 is 5.53. The maximum atomic E-state index is 12.7. The first kappa shape index (κ1) is 18.8. The number of rotatable bonds is 4. The van der Waals surface area contributed by atoms with Gasteiger partial charge in [-0.25, -0.2) is 9.78 Å². The van der Waals surface area contributed by atoms with Crippen molar-refractivity contribution in [1.29, 1.82) is 0 Å². The number of nitrogens with one attached hydrogen (secondary N) is 2. The van der Waals surface area contributed by atoms with Crippen LogP contribution in [0.2, 0.25) is 0 Å². The zero-order valence-corrected chi connectivity index (χ0v) is 16.2. The van der Waals surface area contributed by atoms with Crippen molar-refractivity contribution in [2.75, 3.05) is 5.32 Å². The molecular formula is C19H19N3O4S. The van der Waals surface area contributed by atoms with Gasteiger partial charge in [0, 0.05) is 11.8 Å². The van der Waals surface area contributed by atoms with Gasteiger partial charge in [0.25, 0.3) is 5.56 Å². The van der Waals surface area contributed by atoms with Crippen molar-refractivity contribution in [3.8, 4) is 0 Å². The van der Waals surface area contributed by atoms with Crippen LogP contribution >= 0.6 is 11.3 Å². The van der Waals surface area contributed by atoms with Crippen molar-refractivity contribution in [1.82, 2.24) is 9.97 Å². The van der Waals surface area contributed by atoms with E-state index in [9.17, 15) is 14.4 Å². The van der Waals surface area contributed by atoms with E-state index in [4.69, 9.17) is 4.74 Å². The number of nitrogens with zero attached hydrogens (tertiary/aromatic N) is 1. The van der Waals surface area contributed by atoms with Gasteiger partial charge in [-0.2, -0.15) is 0 Å². The van der Waals surface area contributed by atoms with Gasteiger partial charge in [-0.3, -0.25) is 9.59 Å². The molecule has 3 rings (SSSR count). The van der Waals surface area contributed by atoms with E-state index < -0.39 is 12.1 Å². The molecule has 0 radical (unpaired) electrons. The third-order valence-electron chi connectivity index (χ3n) is 4.18. The Labute approximate surface area is 159 Å². The highest BCUT2D eigenvalue weighted by Gasteiger charge is 2.24. The number of hydrogen-bond acceptors (Lipinski definition) is 6. The number of ether oxygens (including phenoxy) is 1. The number of anilines is 1. The van der Waals surface area contributed by atoms with Crippen LogP contribution in [0.15, 0.2) is 29.1 Å². The van der Waals surface area contributed by atoms with Crippen LogP contribution in [-0.4, -0.2) is 21.8 Å². The summed E-state index contributed by atoms with van der Waals surface area (Å²) in [4.78, 5) is 44.3. The number of amides is 1. The van der Waals surface area contributed by atoms with E-state index in [-0.39, 0.29) is 17.3 Å². The van der Waals surface area contributed by atoms with Gasteiger partial charge in [0.05, 0.1) is 16.5 Å². The predicted molar refractivity (Wildman–Crippen MR) is 104 cm³/mol. The van der Waals surface area contributed by atoms with Crippen LogP contribution in [0.4, 0.5) is 5.00 Å². The van der Waals surface area contributed by atoms with E-state index in [2.05, 4.69) is 15.3 Å². The lowest BCUT2D eigenvalue weighted by Crippen LogP contribution is -2.18. The van der Waals surface area contributed by atoms with Gasteiger partial charge in [0.15, 0.2) is 11.9 Å². The van der Waals surface area contributed by atoms with Gasteiger partial charge in [-0.15, -0.1) is 11.3 Å². The quantitative estimate of drug-likeness (QED) is 0.670. The predicted octanol–water partition coefficient (Wildman–Crippen LogP) is 3.48. The fraction of sp³-hybridized carbons (Fsp3) is 0.263. The van der Waals surface area contributed by atoms with E-state index in [1.807, 2.05) is 6.92 Å². The molecule has 0 saturated heterocycles. The van der Waals surface area contributed by atoms with Crippen LogP contribution in [0, 0.1) is 13.8 Å². The first-order valence-electron chi connectivity index (χ1n) is 8.35. The number of aryl methyl sites for hydroxylation is 1. The van der Waals surface area contributed by atoms with E-state index >= 15 is 0 Å². The molecule has 2 N–H and O–H groups in total. The molecule has 0 saturated carbocycles. The van der Waals surface area contributed by atoms with Crippen LogP contribution in [0.3, 0.4) is 0 Å². The van der Waals surface area contributed by atoms with Gasteiger partial charge in [-0.1, -0.05) is 12.1 Å². The molecule has 0 aliphatic carbocycles. The van der Waals surface area contributed by atoms with Crippen LogP contribution in [0.1, 0.15) is 46.6 Å². The van der Waals surface area contributed by atoms with Crippen molar-refractivity contribution in [3.63, 3.8) is 0 Å². The summed E-state index contributed by atoms with van der Waals surface area (Å²) in [6.07, 6.45) is -0.764. The SMILES string of the molecule is CC(=O)Nc1sc(C)c(C)c1C(=O)OC(C)c1nc2ccccc2c(=O)[nH]1. The monoisotopic (exact) mass is 385 g/mol. The summed E-state index contributed by atoms with van der Waals surface area (Å²) in [5, 5.41) is 3.59. The summed E-state index contributed by atoms with van der Waals surface area (Å²) in [6.45, 7) is 6.69. The highest BCUT2D eigenvalue weighted by molar-refractivity contribution is 7.16. The summed E-state index contributed by atoms with van der Waals surface area (Å²) >= 11 is 1.32. The Morgan fingerprint density at radius 2 is 1.96 bits per heavy atom. The highest BCUT2D eigenvalue weighted by atomic mass is 32.1. The number of esters is 1. The maximum absolute atomic E-state index is 12.7. The second kappa shape index (κ2) is 7.32. The average molecular weight is 385 g/mol. The van der Waals surface area contributed by atoms with E-state index in [0.29, 0.717) is 21.5 Å². The lowest BCUT2D eigenvalue weighted by molar-refractivity contribution is -0.114. The second-order valence-corrected chi connectivity index (χ2v) is 7.41. The molecule has 0 fully saturated rings. The minimum atomic E-state index is -0.764. The summed E-state index contributed by atoms with van der Waals surface area (Å²) in [7, 11) is 0. The molecule has 1 aromatic carbocycles. The Hall–Kier alpha value is -3.00. The zero-order chi connectivity index (χ0) is 19.7. The fourth-order valence-corrected chi connectivity index (χ4v) is 3.79. The average Bonchev–Trinajstić information content (AvgIpc) is 2.87. The number of aromatic nitrogens is 2. The number of thiophene rings is 1. The Bertz CT molecular complexity index is 1100. The molecule has 3 aromatic rings. The van der Waals surface area contributed by atoms with Crippen molar-refractivity contribution in [3.05, 3.63) is 56.4 Å². The van der Waals surface area contributed by atoms with Crippen molar-refractivity contribution in [2.45, 2.75) is 33.8 Å². The summed E-state index contributed by atoms with van der Waals surface area (Å²) in [5.41, 5.74) is 1.31. The molecule has 1 unspecified atom stereocenters. The van der Waals surface area contributed by atoms with E-state index in [1.54, 1.807) is 38.1 Å². The standard InChI is InChI=1S/C19H19N3O4S/c1-9-11(3)27-18(20-12(4)23)15(9)19(25)26-10(2)16-21-14-8-6-5-7-13(14)17(24)22-16/h5-8,10H,1-4H3,(H,20,23)(H,21,22,24). The largest absolute Gasteiger partial charge is 0.451 e. The van der Waals surface area contributed by atoms with E-state index in [0.717, 1.165) is 10.4 Å². The molecule has 0 spiro atoms. The van der Waals surface area contributed by atoms with Crippen molar-refractivity contribution < 1.29 is 14.3 Å². The Kier molecular flexibility index (Phi) is 5.09. The molecule has 0 aliphatic rings. The molecule has 2 aromatic heterocycles. The summed E-state index contributed by atoms with van der Waals surface area (Å²) in [6, 6.07) is 6.95. The second-order valence-electron chi connectivity index (χ2n) is 6.18. The Morgan fingerprint density at radius 3 is 2.67 bits per heavy atom. The number of para-hydroxylation sites is 1. The number of benzene rings is 1. The number of fused-ring (bicyclic) bond motifs is 1. The number of hydrogen-bond donors (Lipinski definition) is 2.